The first kappa shape index (κ1) is 11.4. The van der Waals surface area contributed by atoms with Gasteiger partial charge in [0.15, 0.2) is 0 Å². The molecule has 0 aliphatic heterocycles. The van der Waals surface area contributed by atoms with Gasteiger partial charge in [0, 0.05) is 5.92 Å². The van der Waals surface area contributed by atoms with Crippen LogP contribution in [0.5, 0.6) is 0 Å². The molecule has 0 aromatic heterocycles. The first-order valence-corrected chi connectivity index (χ1v) is 5.66. The summed E-state index contributed by atoms with van der Waals surface area (Å²) in [4.78, 5) is 0. The van der Waals surface area contributed by atoms with E-state index in [0.717, 1.165) is 12.0 Å². The van der Waals surface area contributed by atoms with E-state index in [4.69, 9.17) is 5.21 Å². The second kappa shape index (κ2) is 5.85. The van der Waals surface area contributed by atoms with Gasteiger partial charge in [0.1, 0.15) is 0 Å². The maximum atomic E-state index is 8.75. The Morgan fingerprint density at radius 2 is 1.53 bits per heavy atom. The fourth-order valence-corrected chi connectivity index (χ4v) is 1.91. The topological polar surface area (TPSA) is 32.6 Å². The van der Waals surface area contributed by atoms with E-state index in [1.807, 2.05) is 36.4 Å². The van der Waals surface area contributed by atoms with E-state index >= 15 is 0 Å². The molecular weight excluding hydrogens is 210 g/mol. The lowest BCUT2D eigenvalue weighted by Crippen LogP contribution is -2.04. The third kappa shape index (κ3) is 3.18. The van der Waals surface area contributed by atoms with Gasteiger partial charge in [-0.05, 0) is 17.5 Å². The largest absolute Gasteiger partial charge is 0.411 e. The molecule has 0 aliphatic carbocycles. The maximum absolute atomic E-state index is 8.75. The molecule has 0 saturated heterocycles. The fraction of sp³-hybridized carbons (Fsp3) is 0.133. The minimum absolute atomic E-state index is 0.114. The Morgan fingerprint density at radius 1 is 0.941 bits per heavy atom. The van der Waals surface area contributed by atoms with E-state index in [-0.39, 0.29) is 5.92 Å². The Kier molecular flexibility index (Phi) is 3.92. The molecule has 2 aromatic carbocycles. The molecule has 0 saturated carbocycles. The van der Waals surface area contributed by atoms with E-state index in [1.54, 1.807) is 6.21 Å². The Hall–Kier alpha value is -2.09. The van der Waals surface area contributed by atoms with E-state index in [9.17, 15) is 0 Å². The molecule has 1 N–H and O–H groups in total. The van der Waals surface area contributed by atoms with Crippen LogP contribution < -0.4 is 0 Å². The summed E-state index contributed by atoms with van der Waals surface area (Å²) in [7, 11) is 0. The minimum Gasteiger partial charge on any atom is -0.411 e. The average molecular weight is 225 g/mol. The summed E-state index contributed by atoms with van der Waals surface area (Å²) in [5, 5.41) is 11.9. The van der Waals surface area contributed by atoms with Gasteiger partial charge in [0.05, 0.1) is 6.21 Å². The van der Waals surface area contributed by atoms with Crippen molar-refractivity contribution in [3.05, 3.63) is 71.8 Å². The van der Waals surface area contributed by atoms with Crippen LogP contribution >= 0.6 is 0 Å². The SMILES string of the molecule is ON=CC(Cc1ccccc1)c1ccccc1. The predicted octanol–water partition coefficient (Wildman–Crippen LogP) is 3.47. The molecule has 2 rings (SSSR count). The molecule has 0 heterocycles. The summed E-state index contributed by atoms with van der Waals surface area (Å²) in [6.07, 6.45) is 2.43. The second-order valence-electron chi connectivity index (χ2n) is 3.97. The summed E-state index contributed by atoms with van der Waals surface area (Å²) in [6.45, 7) is 0. The molecule has 0 aliphatic rings. The lowest BCUT2D eigenvalue weighted by Gasteiger charge is -2.11. The van der Waals surface area contributed by atoms with Gasteiger partial charge in [-0.3, -0.25) is 0 Å². The molecule has 17 heavy (non-hydrogen) atoms. The molecule has 1 unspecified atom stereocenters. The van der Waals surface area contributed by atoms with Crippen molar-refractivity contribution in [1.82, 2.24) is 0 Å². The van der Waals surface area contributed by atoms with Gasteiger partial charge >= 0.3 is 0 Å². The Bertz CT molecular complexity index is 465. The molecule has 0 fully saturated rings. The van der Waals surface area contributed by atoms with Crippen LogP contribution in [0.1, 0.15) is 17.0 Å². The number of benzene rings is 2. The Labute approximate surface area is 101 Å². The van der Waals surface area contributed by atoms with Gasteiger partial charge in [0.25, 0.3) is 0 Å². The van der Waals surface area contributed by atoms with Crippen LogP contribution in [-0.4, -0.2) is 11.4 Å². The predicted molar refractivity (Wildman–Crippen MR) is 69.6 cm³/mol. The highest BCUT2D eigenvalue weighted by atomic mass is 16.4. The molecule has 86 valence electrons. The molecule has 2 heteroatoms. The maximum Gasteiger partial charge on any atom is 0.0514 e. The molecule has 0 bridgehead atoms. The average Bonchev–Trinajstić information content (AvgIpc) is 2.40. The highest BCUT2D eigenvalue weighted by Crippen LogP contribution is 2.18. The van der Waals surface area contributed by atoms with Crippen LogP contribution in [0.4, 0.5) is 0 Å². The first-order chi connectivity index (χ1) is 8.40. The summed E-state index contributed by atoms with van der Waals surface area (Å²) < 4.78 is 0. The van der Waals surface area contributed by atoms with Crippen molar-refractivity contribution in [2.75, 3.05) is 0 Å². The van der Waals surface area contributed by atoms with Gasteiger partial charge in [-0.25, -0.2) is 0 Å². The first-order valence-electron chi connectivity index (χ1n) is 5.66. The highest BCUT2D eigenvalue weighted by molar-refractivity contribution is 5.67. The molecule has 2 aromatic rings. The highest BCUT2D eigenvalue weighted by Gasteiger charge is 2.09. The second-order valence-corrected chi connectivity index (χ2v) is 3.97. The number of hydrogen-bond acceptors (Lipinski definition) is 2. The van der Waals surface area contributed by atoms with Crippen LogP contribution in [0.25, 0.3) is 0 Å². The summed E-state index contributed by atoms with van der Waals surface area (Å²) in [5.41, 5.74) is 2.40. The zero-order chi connectivity index (χ0) is 11.9. The van der Waals surface area contributed by atoms with Crippen molar-refractivity contribution in [3.8, 4) is 0 Å². The van der Waals surface area contributed by atoms with Crippen LogP contribution in [0.3, 0.4) is 0 Å². The Balaban J connectivity index is 2.19. The lowest BCUT2D eigenvalue weighted by molar-refractivity contribution is 0.319. The van der Waals surface area contributed by atoms with Crippen molar-refractivity contribution < 1.29 is 5.21 Å². The van der Waals surface area contributed by atoms with Crippen molar-refractivity contribution in [2.24, 2.45) is 5.16 Å². The number of nitrogens with zero attached hydrogens (tertiary/aromatic N) is 1. The van der Waals surface area contributed by atoms with E-state index in [2.05, 4.69) is 29.4 Å². The third-order valence-electron chi connectivity index (χ3n) is 2.77. The molecule has 1 atom stereocenters. The molecule has 0 radical (unpaired) electrons. The molecular formula is C15H15NO. The fourth-order valence-electron chi connectivity index (χ4n) is 1.91. The van der Waals surface area contributed by atoms with Gasteiger partial charge in [-0.1, -0.05) is 60.7 Å². The van der Waals surface area contributed by atoms with E-state index in [1.165, 1.54) is 5.56 Å². The molecule has 2 nitrogen and oxygen atoms in total. The van der Waals surface area contributed by atoms with Crippen molar-refractivity contribution in [3.63, 3.8) is 0 Å². The molecule has 0 amide bonds. The lowest BCUT2D eigenvalue weighted by atomic mass is 9.93. The number of hydrogen-bond donors (Lipinski definition) is 1. The van der Waals surface area contributed by atoms with Crippen LogP contribution in [0, 0.1) is 0 Å². The zero-order valence-corrected chi connectivity index (χ0v) is 9.53. The van der Waals surface area contributed by atoms with Crippen molar-refractivity contribution in [1.29, 1.82) is 0 Å². The van der Waals surface area contributed by atoms with E-state index in [0.29, 0.717) is 0 Å². The minimum atomic E-state index is 0.114. The van der Waals surface area contributed by atoms with Crippen molar-refractivity contribution >= 4 is 6.21 Å². The van der Waals surface area contributed by atoms with Crippen LogP contribution in [-0.2, 0) is 6.42 Å². The summed E-state index contributed by atoms with van der Waals surface area (Å²) in [6, 6.07) is 20.3. The summed E-state index contributed by atoms with van der Waals surface area (Å²) in [5.74, 6) is 0.114. The zero-order valence-electron chi connectivity index (χ0n) is 9.53. The Morgan fingerprint density at radius 3 is 2.12 bits per heavy atom. The van der Waals surface area contributed by atoms with Crippen LogP contribution in [0.2, 0.25) is 0 Å². The van der Waals surface area contributed by atoms with Gasteiger partial charge in [-0.2, -0.15) is 0 Å². The molecule has 0 spiro atoms. The van der Waals surface area contributed by atoms with Crippen LogP contribution in [0.15, 0.2) is 65.8 Å². The van der Waals surface area contributed by atoms with E-state index < -0.39 is 0 Å². The monoisotopic (exact) mass is 225 g/mol. The summed E-state index contributed by atoms with van der Waals surface area (Å²) >= 11 is 0. The van der Waals surface area contributed by atoms with Crippen molar-refractivity contribution in [2.45, 2.75) is 12.3 Å². The van der Waals surface area contributed by atoms with Gasteiger partial charge in [0.2, 0.25) is 0 Å². The normalized spacial score (nSPS) is 12.7. The van der Waals surface area contributed by atoms with Gasteiger partial charge < -0.3 is 5.21 Å². The number of oxime groups is 1. The third-order valence-corrected chi connectivity index (χ3v) is 2.77. The quantitative estimate of drug-likeness (QED) is 0.482. The number of rotatable bonds is 4. The smallest absolute Gasteiger partial charge is 0.0514 e. The standard InChI is InChI=1S/C15H15NO/c17-16-12-15(14-9-5-2-6-10-14)11-13-7-3-1-4-8-13/h1-10,12,15,17H,11H2. The van der Waals surface area contributed by atoms with Gasteiger partial charge in [-0.15, -0.1) is 5.16 Å².